The molecule has 0 aromatic heterocycles. The molecule has 112 valence electrons. The number of aryl methyl sites for hydroxylation is 2. The molecule has 0 amide bonds. The lowest BCUT2D eigenvalue weighted by Crippen LogP contribution is -2.36. The van der Waals surface area contributed by atoms with Gasteiger partial charge in [-0.3, -0.25) is 4.79 Å². The Bertz CT molecular complexity index is 504. The predicted octanol–water partition coefficient (Wildman–Crippen LogP) is 3.13. The van der Waals surface area contributed by atoms with Gasteiger partial charge in [0, 0.05) is 19.8 Å². The Hall–Kier alpha value is -1.55. The average molecular weight is 280 g/mol. The Morgan fingerprint density at radius 3 is 2.40 bits per heavy atom. The van der Waals surface area contributed by atoms with Crippen molar-refractivity contribution in [2.45, 2.75) is 59.7 Å². The van der Waals surface area contributed by atoms with E-state index >= 15 is 0 Å². The number of benzene rings is 1. The fourth-order valence-electron chi connectivity index (χ4n) is 2.18. The van der Waals surface area contributed by atoms with Crippen LogP contribution in [0.1, 0.15) is 48.9 Å². The Labute approximate surface area is 120 Å². The molecule has 1 aromatic rings. The van der Waals surface area contributed by atoms with Crippen molar-refractivity contribution < 1.29 is 19.7 Å². The topological polar surface area (TPSA) is 66.8 Å². The second kappa shape index (κ2) is 6.27. The minimum Gasteiger partial charge on any atom is -0.481 e. The maximum Gasteiger partial charge on any atom is 0.303 e. The van der Waals surface area contributed by atoms with E-state index in [-0.39, 0.29) is 6.42 Å². The van der Waals surface area contributed by atoms with Crippen molar-refractivity contribution in [3.05, 3.63) is 28.3 Å². The molecule has 1 heterocycles. The number of rotatable bonds is 1. The summed E-state index contributed by atoms with van der Waals surface area (Å²) in [6, 6.07) is 2.19. The fraction of sp³-hybridized carbons (Fsp3) is 0.562. The normalized spacial score (nSPS) is 20.3. The van der Waals surface area contributed by atoms with E-state index in [1.54, 1.807) is 13.8 Å². The molecule has 0 aliphatic carbocycles. The van der Waals surface area contributed by atoms with Crippen LogP contribution in [0, 0.1) is 20.8 Å². The van der Waals surface area contributed by atoms with Crippen LogP contribution < -0.4 is 4.74 Å². The molecule has 0 fully saturated rings. The van der Waals surface area contributed by atoms with Crippen LogP contribution in [0.2, 0.25) is 0 Å². The number of ether oxygens (including phenoxy) is 1. The molecule has 0 radical (unpaired) electrons. The van der Waals surface area contributed by atoms with Gasteiger partial charge in [-0.05, 0) is 49.4 Å². The third-order valence-electron chi connectivity index (χ3n) is 3.58. The largest absolute Gasteiger partial charge is 0.481 e. The molecule has 2 rings (SSSR count). The molecular formula is C16H24O4. The van der Waals surface area contributed by atoms with Crippen LogP contribution >= 0.6 is 0 Å². The Balaban J connectivity index is 0.000000347. The first-order chi connectivity index (χ1) is 9.18. The van der Waals surface area contributed by atoms with E-state index in [1.165, 1.54) is 16.7 Å². The Kier molecular flexibility index (Phi) is 5.17. The standard InChI is InChI=1S/C13H18O2.C3H6O2/c1-8-7-9(2)11-5-6-13(4,14)15-12(11)10(8)3;1-2-3(4)5/h7,14H,5-6H2,1-4H3;2H2,1H3,(H,4,5). The Morgan fingerprint density at radius 1 is 1.35 bits per heavy atom. The molecule has 0 saturated heterocycles. The first kappa shape index (κ1) is 16.5. The van der Waals surface area contributed by atoms with Gasteiger partial charge in [0.2, 0.25) is 5.79 Å². The quantitative estimate of drug-likeness (QED) is 0.829. The van der Waals surface area contributed by atoms with Crippen molar-refractivity contribution in [2.75, 3.05) is 0 Å². The van der Waals surface area contributed by atoms with Gasteiger partial charge >= 0.3 is 5.97 Å². The second-order valence-corrected chi connectivity index (χ2v) is 5.47. The van der Waals surface area contributed by atoms with Gasteiger partial charge in [-0.25, -0.2) is 0 Å². The third-order valence-corrected chi connectivity index (χ3v) is 3.58. The van der Waals surface area contributed by atoms with Gasteiger partial charge in [0.25, 0.3) is 0 Å². The van der Waals surface area contributed by atoms with Crippen molar-refractivity contribution in [3.63, 3.8) is 0 Å². The number of aliphatic carboxylic acids is 1. The predicted molar refractivity (Wildman–Crippen MR) is 78.2 cm³/mol. The highest BCUT2D eigenvalue weighted by Crippen LogP contribution is 2.37. The summed E-state index contributed by atoms with van der Waals surface area (Å²) in [6.07, 6.45) is 1.79. The van der Waals surface area contributed by atoms with Crippen LogP contribution in [-0.4, -0.2) is 22.0 Å². The van der Waals surface area contributed by atoms with E-state index in [9.17, 15) is 9.90 Å². The first-order valence-electron chi connectivity index (χ1n) is 6.90. The number of hydrogen-bond donors (Lipinski definition) is 2. The molecule has 1 aliphatic heterocycles. The monoisotopic (exact) mass is 280 g/mol. The van der Waals surface area contributed by atoms with Crippen molar-refractivity contribution in [1.29, 1.82) is 0 Å². The maximum atomic E-state index is 9.91. The van der Waals surface area contributed by atoms with Gasteiger partial charge in [-0.2, -0.15) is 0 Å². The minimum atomic E-state index is -1.00. The van der Waals surface area contributed by atoms with Crippen LogP contribution in [0.4, 0.5) is 0 Å². The zero-order valence-electron chi connectivity index (χ0n) is 12.9. The molecule has 1 unspecified atom stereocenters. The summed E-state index contributed by atoms with van der Waals surface area (Å²) in [5, 5.41) is 17.6. The molecule has 20 heavy (non-hydrogen) atoms. The first-order valence-corrected chi connectivity index (χ1v) is 6.90. The van der Waals surface area contributed by atoms with Crippen LogP contribution in [0.3, 0.4) is 0 Å². The lowest BCUT2D eigenvalue weighted by Gasteiger charge is -2.33. The molecule has 0 bridgehead atoms. The summed E-state index contributed by atoms with van der Waals surface area (Å²) in [6.45, 7) is 9.56. The van der Waals surface area contributed by atoms with E-state index in [1.807, 2.05) is 0 Å². The molecule has 4 nitrogen and oxygen atoms in total. The van der Waals surface area contributed by atoms with Crippen LogP contribution in [-0.2, 0) is 11.2 Å². The summed E-state index contributed by atoms with van der Waals surface area (Å²) in [5.41, 5.74) is 4.90. The molecule has 0 saturated carbocycles. The highest BCUT2D eigenvalue weighted by molar-refractivity contribution is 5.66. The highest BCUT2D eigenvalue weighted by Gasteiger charge is 2.30. The van der Waals surface area contributed by atoms with E-state index in [2.05, 4.69) is 26.8 Å². The number of fused-ring (bicyclic) bond motifs is 1. The molecule has 4 heteroatoms. The number of carboxylic acid groups (broad SMARTS) is 1. The smallest absolute Gasteiger partial charge is 0.303 e. The van der Waals surface area contributed by atoms with E-state index in [0.29, 0.717) is 6.42 Å². The zero-order chi connectivity index (χ0) is 15.5. The summed E-state index contributed by atoms with van der Waals surface area (Å²) in [5.74, 6) is -0.855. The molecule has 1 atom stereocenters. The molecule has 1 aliphatic rings. The van der Waals surface area contributed by atoms with Gasteiger partial charge in [-0.1, -0.05) is 13.0 Å². The van der Waals surface area contributed by atoms with E-state index < -0.39 is 11.8 Å². The van der Waals surface area contributed by atoms with Gasteiger partial charge in [-0.15, -0.1) is 0 Å². The van der Waals surface area contributed by atoms with E-state index in [0.717, 1.165) is 17.7 Å². The van der Waals surface area contributed by atoms with Gasteiger partial charge in [0.15, 0.2) is 0 Å². The molecular weight excluding hydrogens is 256 g/mol. The molecule has 1 aromatic carbocycles. The van der Waals surface area contributed by atoms with Crippen LogP contribution in [0.15, 0.2) is 6.07 Å². The van der Waals surface area contributed by atoms with Gasteiger partial charge in [0.05, 0.1) is 0 Å². The van der Waals surface area contributed by atoms with Crippen molar-refractivity contribution in [3.8, 4) is 5.75 Å². The summed E-state index contributed by atoms with van der Waals surface area (Å²) in [7, 11) is 0. The maximum absolute atomic E-state index is 9.91. The Morgan fingerprint density at radius 2 is 1.90 bits per heavy atom. The molecule has 2 N–H and O–H groups in total. The van der Waals surface area contributed by atoms with Gasteiger partial charge < -0.3 is 14.9 Å². The molecule has 0 spiro atoms. The van der Waals surface area contributed by atoms with E-state index in [4.69, 9.17) is 9.84 Å². The third kappa shape index (κ3) is 3.97. The summed E-state index contributed by atoms with van der Waals surface area (Å²) >= 11 is 0. The number of carbonyl (C=O) groups is 1. The highest BCUT2D eigenvalue weighted by atomic mass is 16.6. The number of carboxylic acids is 1. The zero-order valence-corrected chi connectivity index (χ0v) is 12.9. The number of hydrogen-bond acceptors (Lipinski definition) is 3. The lowest BCUT2D eigenvalue weighted by atomic mass is 9.92. The van der Waals surface area contributed by atoms with Crippen LogP contribution in [0.25, 0.3) is 0 Å². The number of aliphatic hydroxyl groups is 1. The average Bonchev–Trinajstić information content (AvgIpc) is 2.35. The summed E-state index contributed by atoms with van der Waals surface area (Å²) < 4.78 is 5.67. The fourth-order valence-corrected chi connectivity index (χ4v) is 2.18. The SMILES string of the molecule is CCC(=O)O.Cc1cc(C)c2c(c1C)OC(C)(O)CC2. The minimum absolute atomic E-state index is 0.222. The van der Waals surface area contributed by atoms with Crippen molar-refractivity contribution in [2.24, 2.45) is 0 Å². The van der Waals surface area contributed by atoms with Gasteiger partial charge in [0.1, 0.15) is 5.75 Å². The lowest BCUT2D eigenvalue weighted by molar-refractivity contribution is -0.136. The van der Waals surface area contributed by atoms with Crippen molar-refractivity contribution in [1.82, 2.24) is 0 Å². The summed E-state index contributed by atoms with van der Waals surface area (Å²) in [4.78, 5) is 9.37. The van der Waals surface area contributed by atoms with Crippen molar-refractivity contribution >= 4 is 5.97 Å². The second-order valence-electron chi connectivity index (χ2n) is 5.47. The van der Waals surface area contributed by atoms with Crippen LogP contribution in [0.5, 0.6) is 5.75 Å².